The monoisotopic (exact) mass is 196 g/mol. The van der Waals surface area contributed by atoms with E-state index in [0.29, 0.717) is 5.02 Å². The third-order valence-corrected chi connectivity index (χ3v) is 2.75. The van der Waals surface area contributed by atoms with Gasteiger partial charge in [-0.05, 0) is 35.7 Å². The Morgan fingerprint density at radius 3 is 2.83 bits per heavy atom. The molecule has 0 aliphatic heterocycles. The highest BCUT2D eigenvalue weighted by atomic mass is 35.5. The van der Waals surface area contributed by atoms with Crippen LogP contribution in [0.25, 0.3) is 10.1 Å². The maximum absolute atomic E-state index is 11.0. The highest BCUT2D eigenvalue weighted by Crippen LogP contribution is 2.19. The number of hydrogen-bond acceptors (Lipinski definition) is 2. The average molecular weight is 197 g/mol. The van der Waals surface area contributed by atoms with E-state index in [4.69, 9.17) is 11.6 Å². The van der Waals surface area contributed by atoms with Crippen molar-refractivity contribution in [2.24, 2.45) is 0 Å². The van der Waals surface area contributed by atoms with Gasteiger partial charge in [-0.3, -0.25) is 4.79 Å². The van der Waals surface area contributed by atoms with Crippen LogP contribution in [0.3, 0.4) is 0 Å². The van der Waals surface area contributed by atoms with E-state index >= 15 is 0 Å². The van der Waals surface area contributed by atoms with Crippen molar-refractivity contribution in [1.82, 2.24) is 0 Å². The zero-order valence-corrected chi connectivity index (χ0v) is 7.65. The van der Waals surface area contributed by atoms with Gasteiger partial charge in [0.15, 0.2) is 0 Å². The summed E-state index contributed by atoms with van der Waals surface area (Å²) in [4.78, 5) is 11.0. The van der Waals surface area contributed by atoms with Gasteiger partial charge in [-0.2, -0.15) is 0 Å². The molecule has 0 atom stereocenters. The molecule has 12 heavy (non-hydrogen) atoms. The second kappa shape index (κ2) is 2.88. The van der Waals surface area contributed by atoms with Gasteiger partial charge < -0.3 is 0 Å². The molecule has 1 aromatic carbocycles. The summed E-state index contributed by atoms with van der Waals surface area (Å²) in [6.45, 7) is 0. The summed E-state index contributed by atoms with van der Waals surface area (Å²) < 4.78 is 1.05. The first-order valence-corrected chi connectivity index (χ1v) is 4.64. The molecule has 1 heterocycles. The lowest BCUT2D eigenvalue weighted by molar-refractivity contribution is 1.78. The fraction of sp³-hybridized carbons (Fsp3) is 0. The molecule has 0 aliphatic rings. The van der Waals surface area contributed by atoms with Crippen LogP contribution in [0.2, 0.25) is 5.02 Å². The van der Waals surface area contributed by atoms with E-state index in [0.717, 1.165) is 10.1 Å². The normalized spacial score (nSPS) is 10.4. The van der Waals surface area contributed by atoms with Gasteiger partial charge in [0.1, 0.15) is 0 Å². The lowest BCUT2D eigenvalue weighted by Gasteiger charge is -1.94. The van der Waals surface area contributed by atoms with Crippen LogP contribution in [0.5, 0.6) is 0 Å². The van der Waals surface area contributed by atoms with Gasteiger partial charge in [0.25, 0.3) is 0 Å². The van der Waals surface area contributed by atoms with Gasteiger partial charge in [0, 0.05) is 9.72 Å². The molecule has 0 amide bonds. The smallest absolute Gasteiger partial charge is 0.232 e. The van der Waals surface area contributed by atoms with Gasteiger partial charge >= 0.3 is 0 Å². The van der Waals surface area contributed by atoms with Crippen molar-refractivity contribution in [2.75, 3.05) is 0 Å². The van der Waals surface area contributed by atoms with Crippen LogP contribution in [0.4, 0.5) is 0 Å². The summed E-state index contributed by atoms with van der Waals surface area (Å²) in [7, 11) is 0. The molecule has 0 aliphatic carbocycles. The van der Waals surface area contributed by atoms with Crippen molar-refractivity contribution in [3.05, 3.63) is 44.9 Å². The summed E-state index contributed by atoms with van der Waals surface area (Å²) in [5.41, 5.74) is 0. The molecule has 1 aromatic heterocycles. The van der Waals surface area contributed by atoms with Crippen LogP contribution >= 0.6 is 22.9 Å². The van der Waals surface area contributed by atoms with Crippen LogP contribution < -0.4 is 4.74 Å². The molecule has 0 fully saturated rings. The molecule has 0 saturated carbocycles. The Labute approximate surface area is 78.2 Å². The summed E-state index contributed by atoms with van der Waals surface area (Å²) >= 11 is 7.02. The topological polar surface area (TPSA) is 17.1 Å². The SMILES string of the molecule is O=c1ccc2cc(Cl)ccc2s1. The number of hydrogen-bond donors (Lipinski definition) is 0. The first-order valence-electron chi connectivity index (χ1n) is 3.45. The molecule has 0 bridgehead atoms. The fourth-order valence-electron chi connectivity index (χ4n) is 1.04. The van der Waals surface area contributed by atoms with Gasteiger partial charge in [-0.25, -0.2) is 0 Å². The number of rotatable bonds is 0. The van der Waals surface area contributed by atoms with Crippen LogP contribution in [0.1, 0.15) is 0 Å². The Balaban J connectivity index is 2.87. The Hall–Kier alpha value is -0.860. The second-order valence-electron chi connectivity index (χ2n) is 2.44. The second-order valence-corrected chi connectivity index (χ2v) is 3.92. The van der Waals surface area contributed by atoms with Crippen LogP contribution in [0.15, 0.2) is 35.1 Å². The van der Waals surface area contributed by atoms with E-state index < -0.39 is 0 Å². The Morgan fingerprint density at radius 1 is 1.17 bits per heavy atom. The number of fused-ring (bicyclic) bond motifs is 1. The molecule has 3 heteroatoms. The van der Waals surface area contributed by atoms with E-state index in [1.165, 1.54) is 11.3 Å². The fourth-order valence-corrected chi connectivity index (χ4v) is 1.96. The van der Waals surface area contributed by atoms with E-state index in [9.17, 15) is 4.79 Å². The molecule has 0 spiro atoms. The van der Waals surface area contributed by atoms with Crippen molar-refractivity contribution in [3.63, 3.8) is 0 Å². The molecular formula is C9H5ClOS. The molecule has 0 N–H and O–H groups in total. The van der Waals surface area contributed by atoms with E-state index in [1.807, 2.05) is 12.1 Å². The maximum Gasteiger partial charge on any atom is 0.232 e. The quantitative estimate of drug-likeness (QED) is 0.633. The molecule has 0 saturated heterocycles. The Morgan fingerprint density at radius 2 is 2.00 bits per heavy atom. The van der Waals surface area contributed by atoms with Crippen molar-refractivity contribution >= 4 is 33.0 Å². The summed E-state index contributed by atoms with van der Waals surface area (Å²) in [6, 6.07) is 8.86. The predicted octanol–water partition coefficient (Wildman–Crippen LogP) is 2.91. The average Bonchev–Trinajstić information content (AvgIpc) is 2.05. The number of benzene rings is 1. The first-order chi connectivity index (χ1) is 5.75. The third kappa shape index (κ3) is 1.36. The van der Waals surface area contributed by atoms with E-state index in [-0.39, 0.29) is 4.74 Å². The van der Waals surface area contributed by atoms with Crippen molar-refractivity contribution < 1.29 is 0 Å². The third-order valence-electron chi connectivity index (χ3n) is 1.58. The molecule has 0 unspecified atom stereocenters. The van der Waals surface area contributed by atoms with Crippen molar-refractivity contribution in [1.29, 1.82) is 0 Å². The van der Waals surface area contributed by atoms with Gasteiger partial charge in [0.2, 0.25) is 4.74 Å². The molecule has 2 rings (SSSR count). The van der Waals surface area contributed by atoms with Crippen molar-refractivity contribution in [3.8, 4) is 0 Å². The predicted molar refractivity (Wildman–Crippen MR) is 53.1 cm³/mol. The molecule has 1 nitrogen and oxygen atoms in total. The lowest BCUT2D eigenvalue weighted by atomic mass is 10.2. The minimum atomic E-state index is 0.0739. The maximum atomic E-state index is 11.0. The molecule has 0 radical (unpaired) electrons. The van der Waals surface area contributed by atoms with Gasteiger partial charge in [-0.15, -0.1) is 0 Å². The van der Waals surface area contributed by atoms with Gasteiger partial charge in [0.05, 0.1) is 0 Å². The van der Waals surface area contributed by atoms with E-state index in [1.54, 1.807) is 18.2 Å². The minimum absolute atomic E-state index is 0.0739. The summed E-state index contributed by atoms with van der Waals surface area (Å²) in [5, 5.41) is 1.72. The Kier molecular flexibility index (Phi) is 1.87. The summed E-state index contributed by atoms with van der Waals surface area (Å²) in [6.07, 6.45) is 0. The molecule has 60 valence electrons. The lowest BCUT2D eigenvalue weighted by Crippen LogP contribution is -1.88. The Bertz CT molecular complexity index is 475. The highest BCUT2D eigenvalue weighted by Gasteiger charge is 1.94. The standard InChI is InChI=1S/C9H5ClOS/c10-7-2-3-8-6(5-7)1-4-9(11)12-8/h1-5H. The van der Waals surface area contributed by atoms with Crippen LogP contribution in [-0.4, -0.2) is 0 Å². The first kappa shape index (κ1) is 7.77. The van der Waals surface area contributed by atoms with E-state index in [2.05, 4.69) is 0 Å². The van der Waals surface area contributed by atoms with Crippen LogP contribution in [0, 0.1) is 0 Å². The largest absolute Gasteiger partial charge is 0.278 e. The zero-order valence-electron chi connectivity index (χ0n) is 6.08. The summed E-state index contributed by atoms with van der Waals surface area (Å²) in [5.74, 6) is 0. The minimum Gasteiger partial charge on any atom is -0.278 e. The number of halogens is 1. The van der Waals surface area contributed by atoms with Crippen LogP contribution in [-0.2, 0) is 0 Å². The van der Waals surface area contributed by atoms with Crippen molar-refractivity contribution in [2.45, 2.75) is 0 Å². The molecular weight excluding hydrogens is 192 g/mol. The van der Waals surface area contributed by atoms with Gasteiger partial charge in [-0.1, -0.05) is 22.9 Å². The molecule has 2 aromatic rings. The zero-order chi connectivity index (χ0) is 8.55. The highest BCUT2D eigenvalue weighted by molar-refractivity contribution is 7.16.